The first-order valence-electron chi connectivity index (χ1n) is 6.88. The highest BCUT2D eigenvalue weighted by molar-refractivity contribution is 7.09. The SMILES string of the molecule is CC1(C)CCC(NCc2nccs2)c2ccccc21. The molecule has 0 fully saturated rings. The van der Waals surface area contributed by atoms with Gasteiger partial charge in [-0.3, -0.25) is 0 Å². The van der Waals surface area contributed by atoms with Gasteiger partial charge in [0.1, 0.15) is 5.01 Å². The highest BCUT2D eigenvalue weighted by Gasteiger charge is 2.31. The van der Waals surface area contributed by atoms with Crippen LogP contribution >= 0.6 is 11.3 Å². The number of thiazole rings is 1. The summed E-state index contributed by atoms with van der Waals surface area (Å²) in [6.45, 7) is 5.57. The Morgan fingerprint density at radius 1 is 1.37 bits per heavy atom. The molecule has 0 aliphatic heterocycles. The van der Waals surface area contributed by atoms with Crippen molar-refractivity contribution in [3.63, 3.8) is 0 Å². The highest BCUT2D eigenvalue weighted by atomic mass is 32.1. The van der Waals surface area contributed by atoms with Gasteiger partial charge >= 0.3 is 0 Å². The minimum absolute atomic E-state index is 0.302. The monoisotopic (exact) mass is 272 g/mol. The molecule has 1 atom stereocenters. The minimum Gasteiger partial charge on any atom is -0.304 e. The molecule has 3 rings (SSSR count). The van der Waals surface area contributed by atoms with E-state index in [9.17, 15) is 0 Å². The van der Waals surface area contributed by atoms with Crippen molar-refractivity contribution in [2.45, 2.75) is 44.7 Å². The van der Waals surface area contributed by atoms with E-state index < -0.39 is 0 Å². The van der Waals surface area contributed by atoms with Crippen LogP contribution in [0.4, 0.5) is 0 Å². The molecule has 3 heteroatoms. The number of hydrogen-bond acceptors (Lipinski definition) is 3. The summed E-state index contributed by atoms with van der Waals surface area (Å²) in [6, 6.07) is 9.33. The third-order valence-electron chi connectivity index (χ3n) is 4.11. The maximum atomic E-state index is 4.34. The van der Waals surface area contributed by atoms with Gasteiger partial charge in [-0.1, -0.05) is 38.1 Å². The third-order valence-corrected chi connectivity index (χ3v) is 4.89. The topological polar surface area (TPSA) is 24.9 Å². The van der Waals surface area contributed by atoms with E-state index in [-0.39, 0.29) is 0 Å². The van der Waals surface area contributed by atoms with Crippen molar-refractivity contribution in [3.8, 4) is 0 Å². The van der Waals surface area contributed by atoms with E-state index in [0.717, 1.165) is 6.54 Å². The lowest BCUT2D eigenvalue weighted by Crippen LogP contribution is -2.32. The van der Waals surface area contributed by atoms with Crippen molar-refractivity contribution < 1.29 is 0 Å². The zero-order valence-corrected chi connectivity index (χ0v) is 12.3. The van der Waals surface area contributed by atoms with Crippen LogP contribution in [0, 0.1) is 0 Å². The van der Waals surface area contributed by atoms with Gasteiger partial charge in [0, 0.05) is 24.2 Å². The Morgan fingerprint density at radius 2 is 2.21 bits per heavy atom. The molecule has 1 aliphatic carbocycles. The smallest absolute Gasteiger partial charge is 0.106 e. The van der Waals surface area contributed by atoms with Crippen LogP contribution in [0.1, 0.15) is 48.9 Å². The van der Waals surface area contributed by atoms with Crippen LogP contribution in [0.5, 0.6) is 0 Å². The van der Waals surface area contributed by atoms with Gasteiger partial charge in [0.05, 0.1) is 0 Å². The molecule has 1 aliphatic rings. The Hall–Kier alpha value is -1.19. The van der Waals surface area contributed by atoms with Crippen LogP contribution in [-0.4, -0.2) is 4.98 Å². The first kappa shape index (κ1) is 12.8. The molecule has 1 aromatic carbocycles. The summed E-state index contributed by atoms with van der Waals surface area (Å²) >= 11 is 1.72. The van der Waals surface area contributed by atoms with Crippen molar-refractivity contribution in [2.24, 2.45) is 0 Å². The predicted molar refractivity (Wildman–Crippen MR) is 80.4 cm³/mol. The Labute approximate surface area is 118 Å². The van der Waals surface area contributed by atoms with E-state index in [2.05, 4.69) is 48.4 Å². The maximum Gasteiger partial charge on any atom is 0.106 e. The van der Waals surface area contributed by atoms with Crippen molar-refractivity contribution in [3.05, 3.63) is 52.0 Å². The summed E-state index contributed by atoms with van der Waals surface area (Å²) < 4.78 is 0. The van der Waals surface area contributed by atoms with Gasteiger partial charge in [-0.25, -0.2) is 4.98 Å². The summed E-state index contributed by atoms with van der Waals surface area (Å²) in [5.74, 6) is 0. The predicted octanol–water partition coefficient (Wildman–Crippen LogP) is 4.05. The molecule has 2 aromatic rings. The normalized spacial score (nSPS) is 21.1. The van der Waals surface area contributed by atoms with Gasteiger partial charge in [-0.2, -0.15) is 0 Å². The second-order valence-electron chi connectivity index (χ2n) is 5.87. The number of nitrogens with zero attached hydrogens (tertiary/aromatic N) is 1. The Morgan fingerprint density at radius 3 is 3.00 bits per heavy atom. The molecule has 0 saturated heterocycles. The Kier molecular flexibility index (Phi) is 3.42. The Bertz CT molecular complexity index is 546. The largest absolute Gasteiger partial charge is 0.304 e. The van der Waals surface area contributed by atoms with Crippen molar-refractivity contribution in [1.82, 2.24) is 10.3 Å². The molecule has 1 unspecified atom stereocenters. The molecule has 0 spiro atoms. The molecule has 0 amide bonds. The molecule has 19 heavy (non-hydrogen) atoms. The van der Waals surface area contributed by atoms with Crippen molar-refractivity contribution in [2.75, 3.05) is 0 Å². The fraction of sp³-hybridized carbons (Fsp3) is 0.438. The van der Waals surface area contributed by atoms with Gasteiger partial charge in [-0.05, 0) is 29.4 Å². The van der Waals surface area contributed by atoms with E-state index >= 15 is 0 Å². The van der Waals surface area contributed by atoms with Crippen LogP contribution in [0.25, 0.3) is 0 Å². The van der Waals surface area contributed by atoms with Crippen molar-refractivity contribution in [1.29, 1.82) is 0 Å². The number of nitrogens with one attached hydrogen (secondary N) is 1. The van der Waals surface area contributed by atoms with E-state index in [1.165, 1.54) is 29.0 Å². The van der Waals surface area contributed by atoms with Gasteiger partial charge in [-0.15, -0.1) is 11.3 Å². The van der Waals surface area contributed by atoms with E-state index in [4.69, 9.17) is 0 Å². The standard InChI is InChI=1S/C16H20N2S/c1-16(2)8-7-14(12-5-3-4-6-13(12)16)18-11-15-17-9-10-19-15/h3-6,9-10,14,18H,7-8,11H2,1-2H3. The average molecular weight is 272 g/mol. The molecule has 0 saturated carbocycles. The summed E-state index contributed by atoms with van der Waals surface area (Å²) in [7, 11) is 0. The zero-order valence-electron chi connectivity index (χ0n) is 11.5. The van der Waals surface area contributed by atoms with Gasteiger partial charge in [0.15, 0.2) is 0 Å². The number of hydrogen-bond donors (Lipinski definition) is 1. The van der Waals surface area contributed by atoms with Crippen LogP contribution in [0.15, 0.2) is 35.8 Å². The first-order chi connectivity index (χ1) is 9.17. The van der Waals surface area contributed by atoms with E-state index in [1.54, 1.807) is 11.3 Å². The van der Waals surface area contributed by atoms with Crippen LogP contribution in [-0.2, 0) is 12.0 Å². The van der Waals surface area contributed by atoms with Gasteiger partial charge < -0.3 is 5.32 Å². The van der Waals surface area contributed by atoms with Crippen LogP contribution < -0.4 is 5.32 Å². The quantitative estimate of drug-likeness (QED) is 0.912. The molecule has 1 heterocycles. The zero-order chi connectivity index (χ0) is 13.3. The molecule has 0 radical (unpaired) electrons. The highest BCUT2D eigenvalue weighted by Crippen LogP contribution is 2.41. The molecule has 1 N–H and O–H groups in total. The number of aromatic nitrogens is 1. The Balaban J connectivity index is 1.80. The molecule has 100 valence electrons. The van der Waals surface area contributed by atoms with Crippen LogP contribution in [0.2, 0.25) is 0 Å². The average Bonchev–Trinajstić information content (AvgIpc) is 2.91. The molecular weight excluding hydrogens is 252 g/mol. The lowest BCUT2D eigenvalue weighted by Gasteiger charge is -2.37. The van der Waals surface area contributed by atoms with Gasteiger partial charge in [0.25, 0.3) is 0 Å². The minimum atomic E-state index is 0.302. The fourth-order valence-corrected chi connectivity index (χ4v) is 3.54. The molecule has 0 bridgehead atoms. The number of fused-ring (bicyclic) bond motifs is 1. The first-order valence-corrected chi connectivity index (χ1v) is 7.76. The number of benzene rings is 1. The molecule has 2 nitrogen and oxygen atoms in total. The lowest BCUT2D eigenvalue weighted by atomic mass is 9.71. The maximum absolute atomic E-state index is 4.34. The fourth-order valence-electron chi connectivity index (χ4n) is 2.98. The van der Waals surface area contributed by atoms with Crippen LogP contribution in [0.3, 0.4) is 0 Å². The second kappa shape index (κ2) is 5.06. The molecular formula is C16H20N2S. The summed E-state index contributed by atoms with van der Waals surface area (Å²) in [5, 5.41) is 6.87. The lowest BCUT2D eigenvalue weighted by molar-refractivity contribution is 0.357. The number of rotatable bonds is 3. The van der Waals surface area contributed by atoms with Gasteiger partial charge in [0.2, 0.25) is 0 Å². The summed E-state index contributed by atoms with van der Waals surface area (Å²) in [5.41, 5.74) is 3.27. The van der Waals surface area contributed by atoms with E-state index in [1.807, 2.05) is 11.6 Å². The summed E-state index contributed by atoms with van der Waals surface area (Å²) in [6.07, 6.45) is 4.31. The van der Waals surface area contributed by atoms with Crippen molar-refractivity contribution >= 4 is 11.3 Å². The van der Waals surface area contributed by atoms with E-state index in [0.29, 0.717) is 11.5 Å². The second-order valence-corrected chi connectivity index (χ2v) is 6.85. The summed E-state index contributed by atoms with van der Waals surface area (Å²) in [4.78, 5) is 4.34. The third kappa shape index (κ3) is 2.58. The molecule has 1 aromatic heterocycles.